The van der Waals surface area contributed by atoms with E-state index in [0.29, 0.717) is 6.54 Å². The van der Waals surface area contributed by atoms with Crippen LogP contribution in [0, 0.1) is 5.82 Å². The molecule has 0 saturated heterocycles. The Hall–Kier alpha value is -2.66. The van der Waals surface area contributed by atoms with Gasteiger partial charge >= 0.3 is 0 Å². The molecule has 3 nitrogen and oxygen atoms in total. The van der Waals surface area contributed by atoms with Gasteiger partial charge in [-0.3, -0.25) is 4.57 Å². The lowest BCUT2D eigenvalue weighted by Crippen LogP contribution is -2.00. The average molecular weight is 351 g/mol. The molecule has 0 bridgehead atoms. The number of aromatic nitrogens is 3. The first-order chi connectivity index (χ1) is 12.3. The molecule has 0 N–H and O–H groups in total. The summed E-state index contributed by atoms with van der Waals surface area (Å²) >= 11 is 1.61. The van der Waals surface area contributed by atoms with Crippen molar-refractivity contribution >= 4 is 17.8 Å². The van der Waals surface area contributed by atoms with Gasteiger partial charge < -0.3 is 0 Å². The minimum atomic E-state index is -0.265. The Bertz CT molecular complexity index is 854. The molecular formula is C20H18FN3S. The third kappa shape index (κ3) is 4.45. The number of halogens is 1. The molecule has 0 radical (unpaired) electrons. The maximum Gasteiger partial charge on any atom is 0.192 e. The lowest BCUT2D eigenvalue weighted by molar-refractivity contribution is 0.628. The van der Waals surface area contributed by atoms with E-state index in [1.807, 2.05) is 22.8 Å². The third-order valence-corrected chi connectivity index (χ3v) is 4.47. The number of hydrogen-bond donors (Lipinski definition) is 0. The second kappa shape index (κ2) is 8.44. The predicted octanol–water partition coefficient (Wildman–Crippen LogP) is 5.08. The molecule has 1 heterocycles. The molecule has 25 heavy (non-hydrogen) atoms. The second-order valence-electron chi connectivity index (χ2n) is 5.34. The van der Waals surface area contributed by atoms with Gasteiger partial charge in [-0.15, -0.1) is 16.8 Å². The fourth-order valence-electron chi connectivity index (χ4n) is 2.37. The molecule has 0 saturated carbocycles. The number of rotatable bonds is 7. The van der Waals surface area contributed by atoms with Gasteiger partial charge in [-0.25, -0.2) is 4.39 Å². The third-order valence-electron chi connectivity index (χ3n) is 3.55. The molecule has 0 unspecified atom stereocenters. The van der Waals surface area contributed by atoms with E-state index in [2.05, 4.69) is 41.1 Å². The summed E-state index contributed by atoms with van der Waals surface area (Å²) in [6, 6.07) is 16.4. The van der Waals surface area contributed by atoms with Gasteiger partial charge in [0.1, 0.15) is 5.82 Å². The van der Waals surface area contributed by atoms with Gasteiger partial charge in [0.15, 0.2) is 11.0 Å². The zero-order valence-electron chi connectivity index (χ0n) is 13.7. The average Bonchev–Trinajstić information content (AvgIpc) is 3.03. The highest BCUT2D eigenvalue weighted by Crippen LogP contribution is 2.24. The van der Waals surface area contributed by atoms with Crippen LogP contribution in [0.15, 0.2) is 78.5 Å². The van der Waals surface area contributed by atoms with Crippen molar-refractivity contribution in [3.05, 3.63) is 84.7 Å². The predicted molar refractivity (Wildman–Crippen MR) is 102 cm³/mol. The molecule has 0 fully saturated rings. The van der Waals surface area contributed by atoms with Crippen LogP contribution in [0.3, 0.4) is 0 Å². The quantitative estimate of drug-likeness (QED) is 0.439. The molecule has 126 valence electrons. The number of thioether (sulfide) groups is 1. The molecule has 0 atom stereocenters. The first-order valence-electron chi connectivity index (χ1n) is 7.92. The first kappa shape index (κ1) is 17.2. The Kier molecular flexibility index (Phi) is 5.80. The van der Waals surface area contributed by atoms with Crippen LogP contribution in [-0.4, -0.2) is 20.5 Å². The van der Waals surface area contributed by atoms with Gasteiger partial charge in [-0.05, 0) is 29.8 Å². The lowest BCUT2D eigenvalue weighted by atomic mass is 10.2. The van der Waals surface area contributed by atoms with Crippen molar-refractivity contribution < 1.29 is 4.39 Å². The minimum absolute atomic E-state index is 0.265. The summed E-state index contributed by atoms with van der Waals surface area (Å²) in [5, 5.41) is 9.36. The van der Waals surface area contributed by atoms with Crippen LogP contribution in [0.25, 0.3) is 17.5 Å². The largest absolute Gasteiger partial charge is 0.298 e. The van der Waals surface area contributed by atoms with Crippen molar-refractivity contribution in [3.8, 4) is 11.4 Å². The Morgan fingerprint density at radius 2 is 1.80 bits per heavy atom. The summed E-state index contributed by atoms with van der Waals surface area (Å²) in [6.07, 6.45) is 5.99. The molecule has 5 heteroatoms. The van der Waals surface area contributed by atoms with E-state index in [-0.39, 0.29) is 5.82 Å². The molecule has 2 aromatic carbocycles. The van der Waals surface area contributed by atoms with Gasteiger partial charge in [-0.2, -0.15) is 0 Å². The number of benzene rings is 2. The van der Waals surface area contributed by atoms with E-state index in [1.165, 1.54) is 17.7 Å². The Morgan fingerprint density at radius 3 is 2.52 bits per heavy atom. The van der Waals surface area contributed by atoms with Crippen LogP contribution >= 0.6 is 11.8 Å². The van der Waals surface area contributed by atoms with Crippen molar-refractivity contribution in [3.63, 3.8) is 0 Å². The van der Waals surface area contributed by atoms with Crippen molar-refractivity contribution in [2.24, 2.45) is 0 Å². The maximum absolute atomic E-state index is 13.1. The maximum atomic E-state index is 13.1. The van der Waals surface area contributed by atoms with E-state index >= 15 is 0 Å². The summed E-state index contributed by atoms with van der Waals surface area (Å²) in [4.78, 5) is 0. The van der Waals surface area contributed by atoms with E-state index in [9.17, 15) is 4.39 Å². The molecule has 1 aromatic heterocycles. The van der Waals surface area contributed by atoms with Crippen molar-refractivity contribution in [1.29, 1.82) is 0 Å². The fourth-order valence-corrected chi connectivity index (χ4v) is 3.13. The van der Waals surface area contributed by atoms with Crippen LogP contribution in [0.5, 0.6) is 0 Å². The summed E-state index contributed by atoms with van der Waals surface area (Å²) in [5.41, 5.74) is 2.00. The summed E-state index contributed by atoms with van der Waals surface area (Å²) in [7, 11) is 0. The number of hydrogen-bond acceptors (Lipinski definition) is 3. The van der Waals surface area contributed by atoms with Crippen LogP contribution in [0.2, 0.25) is 0 Å². The molecule has 0 aliphatic carbocycles. The first-order valence-corrected chi connectivity index (χ1v) is 8.91. The van der Waals surface area contributed by atoms with E-state index in [1.54, 1.807) is 30.0 Å². The van der Waals surface area contributed by atoms with Gasteiger partial charge in [0.2, 0.25) is 0 Å². The smallest absolute Gasteiger partial charge is 0.192 e. The zero-order chi connectivity index (χ0) is 17.5. The topological polar surface area (TPSA) is 30.7 Å². The van der Waals surface area contributed by atoms with Crippen molar-refractivity contribution in [2.45, 2.75) is 11.7 Å². The molecule has 0 aliphatic rings. The van der Waals surface area contributed by atoms with Crippen LogP contribution in [-0.2, 0) is 6.54 Å². The van der Waals surface area contributed by atoms with Crippen molar-refractivity contribution in [1.82, 2.24) is 14.8 Å². The monoisotopic (exact) mass is 351 g/mol. The highest BCUT2D eigenvalue weighted by molar-refractivity contribution is 7.99. The zero-order valence-corrected chi connectivity index (χ0v) is 14.5. The lowest BCUT2D eigenvalue weighted by Gasteiger charge is -2.07. The summed E-state index contributed by atoms with van der Waals surface area (Å²) in [5.74, 6) is 1.24. The van der Waals surface area contributed by atoms with Gasteiger partial charge in [0.05, 0.1) is 0 Å². The van der Waals surface area contributed by atoms with Crippen LogP contribution in [0.1, 0.15) is 5.56 Å². The van der Waals surface area contributed by atoms with Gasteiger partial charge in [0.25, 0.3) is 0 Å². The highest BCUT2D eigenvalue weighted by Gasteiger charge is 2.13. The molecule has 0 aliphatic heterocycles. The normalized spacial score (nSPS) is 11.1. The summed E-state index contributed by atoms with van der Waals surface area (Å²) < 4.78 is 15.1. The standard InChI is InChI=1S/C20H18FN3S/c1-2-14-24-19(17-10-12-18(21)13-11-17)22-23-20(24)25-15-6-9-16-7-4-3-5-8-16/h2-13H,1,14-15H2/b9-6+. The number of nitrogens with zero attached hydrogens (tertiary/aromatic N) is 3. The van der Waals surface area contributed by atoms with Crippen LogP contribution in [0.4, 0.5) is 4.39 Å². The van der Waals surface area contributed by atoms with Gasteiger partial charge in [-0.1, -0.05) is 60.3 Å². The van der Waals surface area contributed by atoms with Crippen LogP contribution < -0.4 is 0 Å². The second-order valence-corrected chi connectivity index (χ2v) is 6.32. The molecule has 3 rings (SSSR count). The molecule has 0 amide bonds. The van der Waals surface area contributed by atoms with E-state index < -0.39 is 0 Å². The van der Waals surface area contributed by atoms with Gasteiger partial charge in [0, 0.05) is 17.9 Å². The van der Waals surface area contributed by atoms with E-state index in [4.69, 9.17) is 0 Å². The Morgan fingerprint density at radius 1 is 1.04 bits per heavy atom. The molecular weight excluding hydrogens is 333 g/mol. The summed E-state index contributed by atoms with van der Waals surface area (Å²) in [6.45, 7) is 4.40. The van der Waals surface area contributed by atoms with E-state index in [0.717, 1.165) is 22.3 Å². The number of allylic oxidation sites excluding steroid dienone is 1. The Balaban J connectivity index is 1.74. The SMILES string of the molecule is C=CCn1c(SC/C=C/c2ccccc2)nnc1-c1ccc(F)cc1. The molecule has 0 spiro atoms. The Labute approximate surface area is 150 Å². The van der Waals surface area contributed by atoms with Crippen molar-refractivity contribution in [2.75, 3.05) is 5.75 Å². The molecule has 3 aromatic rings. The fraction of sp³-hybridized carbons (Fsp3) is 0.100. The highest BCUT2D eigenvalue weighted by atomic mass is 32.2. The minimum Gasteiger partial charge on any atom is -0.298 e.